The minimum Gasteiger partial charge on any atom is -0.460 e. The van der Waals surface area contributed by atoms with Crippen molar-refractivity contribution >= 4 is 48.3 Å². The molecule has 384 valence electrons. The van der Waals surface area contributed by atoms with Crippen molar-refractivity contribution in [2.45, 2.75) is 33.6 Å². The van der Waals surface area contributed by atoms with E-state index in [1.807, 2.05) is 42.5 Å². The molecule has 20 heteroatoms. The zero-order valence-corrected chi connectivity index (χ0v) is 40.8. The molecule has 0 bridgehead atoms. The molecule has 73 heavy (non-hydrogen) atoms. The molecule has 0 aliphatic carbocycles. The lowest BCUT2D eigenvalue weighted by Gasteiger charge is -2.24. The number of amides is 4. The lowest BCUT2D eigenvalue weighted by atomic mass is 9.83. The number of hydrogen-bond acceptors (Lipinski definition) is 16. The third kappa shape index (κ3) is 18.9. The minimum atomic E-state index is -1.01. The number of carbonyl (C=O) groups is 8. The van der Waals surface area contributed by atoms with E-state index in [4.69, 9.17) is 37.9 Å². The first-order chi connectivity index (χ1) is 34.8. The van der Waals surface area contributed by atoms with Crippen molar-refractivity contribution < 1.29 is 76.3 Å². The van der Waals surface area contributed by atoms with Gasteiger partial charge in [0.1, 0.15) is 49.4 Å². The topological polar surface area (TPSA) is 259 Å². The minimum absolute atomic E-state index is 0.108. The van der Waals surface area contributed by atoms with Gasteiger partial charge in [0.15, 0.2) is 0 Å². The molecule has 0 radical (unpaired) electrons. The quantitative estimate of drug-likeness (QED) is 0.0176. The van der Waals surface area contributed by atoms with E-state index in [0.29, 0.717) is 5.56 Å². The predicted molar refractivity (Wildman–Crippen MR) is 265 cm³/mol. The van der Waals surface area contributed by atoms with E-state index in [1.54, 1.807) is 12.1 Å². The maximum atomic E-state index is 13.5. The first kappa shape index (κ1) is 56.4. The van der Waals surface area contributed by atoms with Gasteiger partial charge >= 0.3 is 48.3 Å². The van der Waals surface area contributed by atoms with Gasteiger partial charge in [-0.1, -0.05) is 93.0 Å². The highest BCUT2D eigenvalue weighted by Gasteiger charge is 2.28. The zero-order valence-electron chi connectivity index (χ0n) is 40.8. The van der Waals surface area contributed by atoms with Gasteiger partial charge < -0.3 is 59.2 Å². The monoisotopic (exact) mass is 1000 g/mol. The number of rotatable bonds is 24. The van der Waals surface area contributed by atoms with E-state index in [1.165, 1.54) is 64.1 Å². The van der Waals surface area contributed by atoms with Crippen molar-refractivity contribution in [1.82, 2.24) is 21.3 Å². The Balaban J connectivity index is 1.82. The fourth-order valence-corrected chi connectivity index (χ4v) is 6.07. The number of nitrogens with one attached hydrogen (secondary N) is 4. The van der Waals surface area contributed by atoms with Gasteiger partial charge in [-0.2, -0.15) is 0 Å². The van der Waals surface area contributed by atoms with Gasteiger partial charge in [-0.15, -0.1) is 0 Å². The number of ether oxygens (including phenoxy) is 8. The van der Waals surface area contributed by atoms with E-state index in [0.717, 1.165) is 11.1 Å². The summed E-state index contributed by atoms with van der Waals surface area (Å²) >= 11 is 0. The first-order valence-corrected chi connectivity index (χ1v) is 22.4. The summed E-state index contributed by atoms with van der Waals surface area (Å²) in [6.45, 7) is 18.5. The van der Waals surface area contributed by atoms with Crippen molar-refractivity contribution in [3.05, 3.63) is 156 Å². The lowest BCUT2D eigenvalue weighted by Crippen LogP contribution is -2.32. The van der Waals surface area contributed by atoms with Crippen LogP contribution in [0.3, 0.4) is 0 Å². The molecule has 0 atom stereocenters. The highest BCUT2D eigenvalue weighted by atomic mass is 16.6. The fraction of sp³-hybridized carbons (Fsp3) is 0.245. The predicted octanol–water partition coefficient (Wildman–Crippen LogP) is 7.36. The van der Waals surface area contributed by atoms with Crippen LogP contribution in [-0.4, -0.2) is 101 Å². The Labute approximate surface area is 421 Å². The van der Waals surface area contributed by atoms with Gasteiger partial charge in [0.25, 0.3) is 0 Å². The molecule has 4 N–H and O–H groups in total. The average molecular weight is 1010 g/mol. The molecule has 4 rings (SSSR count). The molecule has 0 aliphatic rings. The van der Waals surface area contributed by atoms with Crippen molar-refractivity contribution in [3.63, 3.8) is 0 Å². The van der Waals surface area contributed by atoms with E-state index in [2.05, 4.69) is 47.6 Å². The molecule has 0 heterocycles. The Hall–Kier alpha value is -9.20. The fourth-order valence-electron chi connectivity index (χ4n) is 6.07. The Kier molecular flexibility index (Phi) is 22.0. The largest absolute Gasteiger partial charge is 0.460 e. The molecule has 4 aromatic carbocycles. The Morgan fingerprint density at radius 2 is 0.726 bits per heavy atom. The van der Waals surface area contributed by atoms with Crippen molar-refractivity contribution in [1.29, 1.82) is 0 Å². The van der Waals surface area contributed by atoms with Crippen LogP contribution in [0.2, 0.25) is 0 Å². The van der Waals surface area contributed by atoms with Gasteiger partial charge in [0, 0.05) is 51.5 Å². The summed E-state index contributed by atoms with van der Waals surface area (Å²) in [5.74, 6) is -4.22. The Bertz CT molecular complexity index is 2570. The summed E-state index contributed by atoms with van der Waals surface area (Å²) in [5.41, 5.74) is 3.39. The summed E-state index contributed by atoms with van der Waals surface area (Å²) in [5, 5.41) is 9.93. The summed E-state index contributed by atoms with van der Waals surface area (Å²) in [6.07, 6.45) is -3.94. The summed E-state index contributed by atoms with van der Waals surface area (Å²) in [4.78, 5) is 100. The van der Waals surface area contributed by atoms with E-state index >= 15 is 0 Å². The van der Waals surface area contributed by atoms with Gasteiger partial charge in [-0.3, -0.25) is 0 Å². The second-order valence-corrected chi connectivity index (χ2v) is 15.8. The molecule has 0 aliphatic heterocycles. The van der Waals surface area contributed by atoms with Crippen LogP contribution >= 0.6 is 0 Å². The van der Waals surface area contributed by atoms with Crippen LogP contribution in [0.5, 0.6) is 23.0 Å². The average Bonchev–Trinajstić information content (AvgIpc) is 3.35. The molecule has 4 amide bonds. The molecule has 4 aromatic rings. The smallest absolute Gasteiger partial charge is 0.412 e. The third-order valence-corrected chi connectivity index (χ3v) is 9.58. The molecule has 0 spiro atoms. The molecule has 0 saturated heterocycles. The maximum Gasteiger partial charge on any atom is 0.412 e. The van der Waals surface area contributed by atoms with Crippen molar-refractivity contribution in [2.24, 2.45) is 0 Å². The van der Waals surface area contributed by atoms with E-state index in [9.17, 15) is 38.4 Å². The van der Waals surface area contributed by atoms with E-state index < -0.39 is 54.2 Å². The number of esters is 4. The van der Waals surface area contributed by atoms with Crippen LogP contribution < -0.4 is 40.2 Å². The van der Waals surface area contributed by atoms with Crippen LogP contribution in [0.25, 0.3) is 11.1 Å². The SMILES string of the molecule is C=C(C)C(=O)OCCNC(=O)Oc1ccc(C(c2ccc(-c3ccccc3)cc2)c2ccc(OC(=O)NCCOC(=O)C(=C)C)cc2OC(=O)NCCOC(=O)C(=C)C)c(OC(=O)NCCOC(=O)C(=C)C)c1. The molecular weight excluding hydrogens is 949 g/mol. The Morgan fingerprint density at radius 1 is 0.411 bits per heavy atom. The standard InChI is InChI=1S/C53H56N4O16/c1-32(2)46(58)66-26-22-54-50(62)70-39-18-20-41(43(30-39)72-52(64)56-24-28-68-48(60)34(5)6)45(38-16-14-37(15-17-38)36-12-10-9-11-13-36)42-21-19-40(71-51(63)55-23-27-67-47(59)33(3)4)31-44(42)73-53(65)57-25-29-69-49(61)35(7)8/h9-21,30-31,45H,1,3,5,7,22-29H2,2,4,6,8H3,(H,54,62)(H,55,63)(H,56,64)(H,57,65). The lowest BCUT2D eigenvalue weighted by molar-refractivity contribution is -0.139. The van der Waals surface area contributed by atoms with Gasteiger partial charge in [0.2, 0.25) is 0 Å². The number of hydrogen-bond donors (Lipinski definition) is 4. The van der Waals surface area contributed by atoms with Crippen molar-refractivity contribution in [3.8, 4) is 34.1 Å². The van der Waals surface area contributed by atoms with Crippen LogP contribution in [-0.2, 0) is 38.1 Å². The summed E-state index contributed by atoms with van der Waals surface area (Å²) in [6, 6.07) is 25.1. The highest BCUT2D eigenvalue weighted by molar-refractivity contribution is 5.88. The Morgan fingerprint density at radius 3 is 1.05 bits per heavy atom. The molecule has 0 unspecified atom stereocenters. The van der Waals surface area contributed by atoms with Crippen LogP contribution in [0.4, 0.5) is 19.2 Å². The summed E-state index contributed by atoms with van der Waals surface area (Å²) < 4.78 is 43.1. The zero-order chi connectivity index (χ0) is 53.5. The second kappa shape index (κ2) is 28.5. The van der Waals surface area contributed by atoms with Gasteiger partial charge in [-0.25, -0.2) is 38.4 Å². The van der Waals surface area contributed by atoms with Crippen molar-refractivity contribution in [2.75, 3.05) is 52.6 Å². The molecule has 0 saturated carbocycles. The first-order valence-electron chi connectivity index (χ1n) is 22.4. The number of benzene rings is 4. The highest BCUT2D eigenvalue weighted by Crippen LogP contribution is 2.44. The normalized spacial score (nSPS) is 10.3. The maximum absolute atomic E-state index is 13.5. The summed E-state index contributed by atoms with van der Waals surface area (Å²) in [7, 11) is 0. The third-order valence-electron chi connectivity index (χ3n) is 9.58. The van der Waals surface area contributed by atoms with Gasteiger partial charge in [0.05, 0.1) is 26.2 Å². The molecular formula is C53H56N4O16. The van der Waals surface area contributed by atoms with Crippen LogP contribution in [0.1, 0.15) is 50.3 Å². The second-order valence-electron chi connectivity index (χ2n) is 15.8. The number of carbonyl (C=O) groups excluding carboxylic acids is 8. The molecule has 0 aromatic heterocycles. The van der Waals surface area contributed by atoms with E-state index in [-0.39, 0.29) is 109 Å². The van der Waals surface area contributed by atoms with Gasteiger partial charge in [-0.05, 0) is 56.5 Å². The van der Waals surface area contributed by atoms with Crippen LogP contribution in [0.15, 0.2) is 140 Å². The molecule has 20 nitrogen and oxygen atoms in total. The molecule has 0 fully saturated rings. The van der Waals surface area contributed by atoms with Crippen LogP contribution in [0, 0.1) is 0 Å².